The van der Waals surface area contributed by atoms with Gasteiger partial charge in [0.15, 0.2) is 0 Å². The van der Waals surface area contributed by atoms with Gasteiger partial charge in [-0.2, -0.15) is 13.9 Å². The number of benzene rings is 2. The van der Waals surface area contributed by atoms with Crippen LogP contribution in [0.2, 0.25) is 5.02 Å². The Morgan fingerprint density at radius 1 is 1.00 bits per heavy atom. The van der Waals surface area contributed by atoms with Crippen molar-refractivity contribution in [1.82, 2.24) is 23.8 Å². The van der Waals surface area contributed by atoms with Gasteiger partial charge in [0.2, 0.25) is 15.0 Å². The fraction of sp³-hybridized carbons (Fsp3) is 0.292. The zero-order valence-corrected chi connectivity index (χ0v) is 21.7. The Bertz CT molecular complexity index is 1560. The first-order chi connectivity index (χ1) is 16.7. The maximum Gasteiger partial charge on any atom is 0.275 e. The molecule has 1 saturated heterocycles. The molecule has 0 aliphatic carbocycles. The Balaban J connectivity index is 1.30. The molecule has 11 heteroatoms. The maximum absolute atomic E-state index is 13.2. The number of nitrogens with zero attached hydrogens (tertiary/aromatic N) is 5. The van der Waals surface area contributed by atoms with Crippen LogP contribution in [0.5, 0.6) is 0 Å². The van der Waals surface area contributed by atoms with Gasteiger partial charge in [-0.05, 0) is 37.6 Å². The van der Waals surface area contributed by atoms with Gasteiger partial charge >= 0.3 is 0 Å². The van der Waals surface area contributed by atoms with E-state index in [1.54, 1.807) is 18.2 Å². The zero-order chi connectivity index (χ0) is 24.7. The zero-order valence-electron chi connectivity index (χ0n) is 19.3. The molecule has 1 fully saturated rings. The van der Waals surface area contributed by atoms with Crippen molar-refractivity contribution in [3.05, 3.63) is 80.7 Å². The highest BCUT2D eigenvalue weighted by atomic mass is 35.5. The fourth-order valence-corrected chi connectivity index (χ4v) is 6.91. The topological polar surface area (TPSA) is 87.9 Å². The van der Waals surface area contributed by atoms with Crippen LogP contribution in [-0.2, 0) is 16.6 Å². The van der Waals surface area contributed by atoms with Gasteiger partial charge in [-0.25, -0.2) is 13.4 Å². The smallest absolute Gasteiger partial charge is 0.275 e. The third-order valence-electron chi connectivity index (χ3n) is 6.05. The van der Waals surface area contributed by atoms with Crippen LogP contribution in [0.1, 0.15) is 16.8 Å². The molecule has 1 aliphatic rings. The van der Waals surface area contributed by atoms with Gasteiger partial charge in [-0.1, -0.05) is 52.8 Å². The summed E-state index contributed by atoms with van der Waals surface area (Å²) < 4.78 is 29.2. The van der Waals surface area contributed by atoms with Crippen LogP contribution >= 0.6 is 22.9 Å². The van der Waals surface area contributed by atoms with Crippen LogP contribution in [0, 0.1) is 13.8 Å². The third-order valence-corrected chi connectivity index (χ3v) is 9.32. The first-order valence-electron chi connectivity index (χ1n) is 11.2. The Labute approximate surface area is 212 Å². The molecule has 0 bridgehead atoms. The predicted molar refractivity (Wildman–Crippen MR) is 138 cm³/mol. The second kappa shape index (κ2) is 9.44. The quantitative estimate of drug-likeness (QED) is 0.392. The summed E-state index contributed by atoms with van der Waals surface area (Å²) in [4.78, 5) is 20.3. The van der Waals surface area contributed by atoms with Crippen LogP contribution in [0.4, 0.5) is 0 Å². The van der Waals surface area contributed by atoms with Crippen molar-refractivity contribution >= 4 is 37.9 Å². The Kier molecular flexibility index (Phi) is 6.49. The van der Waals surface area contributed by atoms with E-state index in [0.29, 0.717) is 58.3 Å². The summed E-state index contributed by atoms with van der Waals surface area (Å²) in [5, 5.41) is 5.73. The summed E-state index contributed by atoms with van der Waals surface area (Å²) >= 11 is 7.31. The molecule has 0 saturated carbocycles. The van der Waals surface area contributed by atoms with E-state index in [1.165, 1.54) is 26.2 Å². The highest BCUT2D eigenvalue weighted by Gasteiger charge is 2.29. The SMILES string of the molecule is Cc1ccc(S(=O)(=O)N2CCN(Cc3cc(=O)n4nc(-c5ccc(Cl)cc5)sc4n3)CC2)c(C)c1. The van der Waals surface area contributed by atoms with Gasteiger partial charge in [0.25, 0.3) is 5.56 Å². The molecule has 4 aromatic rings. The Hall–Kier alpha value is -2.63. The number of piperazine rings is 1. The summed E-state index contributed by atoms with van der Waals surface area (Å²) in [6.45, 7) is 6.14. The number of rotatable bonds is 5. The second-order valence-corrected chi connectivity index (χ2v) is 11.9. The molecule has 5 rings (SSSR count). The molecule has 0 atom stereocenters. The van der Waals surface area contributed by atoms with Crippen molar-refractivity contribution in [2.75, 3.05) is 26.2 Å². The Morgan fingerprint density at radius 2 is 1.71 bits per heavy atom. The lowest BCUT2D eigenvalue weighted by Crippen LogP contribution is -2.48. The van der Waals surface area contributed by atoms with Crippen LogP contribution < -0.4 is 5.56 Å². The highest BCUT2D eigenvalue weighted by Crippen LogP contribution is 2.26. The van der Waals surface area contributed by atoms with E-state index in [1.807, 2.05) is 38.1 Å². The summed E-state index contributed by atoms with van der Waals surface area (Å²) in [7, 11) is -3.54. The van der Waals surface area contributed by atoms with Gasteiger partial charge in [-0.15, -0.1) is 0 Å². The lowest BCUT2D eigenvalue weighted by Gasteiger charge is -2.34. The van der Waals surface area contributed by atoms with E-state index in [9.17, 15) is 13.2 Å². The molecule has 0 radical (unpaired) electrons. The molecule has 2 aromatic heterocycles. The Morgan fingerprint density at radius 3 is 2.40 bits per heavy atom. The molecule has 0 N–H and O–H groups in total. The molecule has 35 heavy (non-hydrogen) atoms. The van der Waals surface area contributed by atoms with E-state index in [2.05, 4.69) is 15.0 Å². The number of hydrogen-bond donors (Lipinski definition) is 0. The van der Waals surface area contributed by atoms with E-state index < -0.39 is 10.0 Å². The largest absolute Gasteiger partial charge is 0.295 e. The minimum atomic E-state index is -3.54. The molecule has 3 heterocycles. The van der Waals surface area contributed by atoms with Crippen LogP contribution in [0.25, 0.3) is 15.5 Å². The van der Waals surface area contributed by atoms with E-state index in [4.69, 9.17) is 11.6 Å². The average Bonchev–Trinajstić information content (AvgIpc) is 3.24. The molecular formula is C24H24ClN5O3S2. The maximum atomic E-state index is 13.2. The van der Waals surface area contributed by atoms with Crippen molar-refractivity contribution in [3.8, 4) is 10.6 Å². The van der Waals surface area contributed by atoms with Crippen molar-refractivity contribution < 1.29 is 8.42 Å². The first kappa shape index (κ1) is 24.1. The van der Waals surface area contributed by atoms with Crippen molar-refractivity contribution in [2.24, 2.45) is 0 Å². The van der Waals surface area contributed by atoms with Gasteiger partial charge in [0.05, 0.1) is 10.6 Å². The van der Waals surface area contributed by atoms with E-state index in [0.717, 1.165) is 16.7 Å². The summed E-state index contributed by atoms with van der Waals surface area (Å²) in [6, 6.07) is 14.2. The molecule has 0 amide bonds. The number of halogens is 1. The molecular weight excluding hydrogens is 506 g/mol. The number of sulfonamides is 1. The monoisotopic (exact) mass is 529 g/mol. The molecule has 0 unspecified atom stereocenters. The van der Waals surface area contributed by atoms with Gasteiger partial charge in [0.1, 0.15) is 5.01 Å². The number of hydrogen-bond acceptors (Lipinski definition) is 7. The molecule has 182 valence electrons. The third kappa shape index (κ3) is 4.89. The minimum Gasteiger partial charge on any atom is -0.295 e. The summed E-state index contributed by atoms with van der Waals surface area (Å²) in [6.07, 6.45) is 0. The van der Waals surface area contributed by atoms with Gasteiger partial charge in [-0.3, -0.25) is 9.69 Å². The van der Waals surface area contributed by atoms with Gasteiger partial charge < -0.3 is 0 Å². The molecule has 1 aliphatic heterocycles. The van der Waals surface area contributed by atoms with Gasteiger partial charge in [0, 0.05) is 49.4 Å². The molecule has 8 nitrogen and oxygen atoms in total. The highest BCUT2D eigenvalue weighted by molar-refractivity contribution is 7.89. The van der Waals surface area contributed by atoms with Crippen LogP contribution in [0.3, 0.4) is 0 Å². The lowest BCUT2D eigenvalue weighted by molar-refractivity contribution is 0.180. The number of fused-ring (bicyclic) bond motifs is 1. The van der Waals surface area contributed by atoms with E-state index >= 15 is 0 Å². The standard InChI is InChI=1S/C24H24ClN5O3S2/c1-16-3-8-21(17(2)13-16)35(32,33)29-11-9-28(10-12-29)15-20-14-22(31)30-24(26-20)34-23(27-30)18-4-6-19(25)7-5-18/h3-8,13-14H,9-12,15H2,1-2H3. The summed E-state index contributed by atoms with van der Waals surface area (Å²) in [5.41, 5.74) is 3.07. The average molecular weight is 530 g/mol. The second-order valence-electron chi connectivity index (χ2n) is 8.64. The number of aromatic nitrogens is 3. The van der Waals surface area contributed by atoms with Crippen molar-refractivity contribution in [2.45, 2.75) is 25.3 Å². The van der Waals surface area contributed by atoms with Crippen LogP contribution in [-0.4, -0.2) is 58.4 Å². The van der Waals surface area contributed by atoms with Crippen molar-refractivity contribution in [1.29, 1.82) is 0 Å². The normalized spacial score (nSPS) is 15.6. The summed E-state index contributed by atoms with van der Waals surface area (Å²) in [5.74, 6) is 0. The fourth-order valence-electron chi connectivity index (χ4n) is 4.23. The number of aryl methyl sites for hydroxylation is 2. The minimum absolute atomic E-state index is 0.238. The first-order valence-corrected chi connectivity index (χ1v) is 13.8. The lowest BCUT2D eigenvalue weighted by atomic mass is 10.2. The van der Waals surface area contributed by atoms with Crippen LogP contribution in [0.15, 0.2) is 58.2 Å². The predicted octanol–water partition coefficient (Wildman–Crippen LogP) is 3.59. The molecule has 2 aromatic carbocycles. The molecule has 0 spiro atoms. The van der Waals surface area contributed by atoms with E-state index in [-0.39, 0.29) is 5.56 Å². The van der Waals surface area contributed by atoms with Crippen molar-refractivity contribution in [3.63, 3.8) is 0 Å².